The van der Waals surface area contributed by atoms with Crippen molar-refractivity contribution in [2.24, 2.45) is 0 Å². The van der Waals surface area contributed by atoms with Crippen LogP contribution in [-0.2, 0) is 4.74 Å². The molecule has 6 nitrogen and oxygen atoms in total. The highest BCUT2D eigenvalue weighted by molar-refractivity contribution is 5.63. The van der Waals surface area contributed by atoms with Gasteiger partial charge in [0.15, 0.2) is 5.82 Å². The van der Waals surface area contributed by atoms with Crippen molar-refractivity contribution < 1.29 is 4.74 Å². The van der Waals surface area contributed by atoms with E-state index in [4.69, 9.17) is 10.5 Å². The lowest BCUT2D eigenvalue weighted by Crippen LogP contribution is -2.19. The molecule has 0 bridgehead atoms. The molecule has 19 heavy (non-hydrogen) atoms. The third-order valence-corrected chi connectivity index (χ3v) is 3.68. The van der Waals surface area contributed by atoms with Gasteiger partial charge in [0.05, 0.1) is 12.1 Å². The molecular weight excluding hydrogens is 242 g/mol. The highest BCUT2D eigenvalue weighted by atomic mass is 16.5. The molecule has 100 valence electrons. The zero-order chi connectivity index (χ0) is 13.4. The number of hydrogen-bond acceptors (Lipinski definition) is 5. The van der Waals surface area contributed by atoms with Gasteiger partial charge >= 0.3 is 0 Å². The van der Waals surface area contributed by atoms with Crippen molar-refractivity contribution in [3.8, 4) is 11.4 Å². The van der Waals surface area contributed by atoms with E-state index in [1.807, 2.05) is 36.7 Å². The van der Waals surface area contributed by atoms with E-state index in [1.165, 1.54) is 0 Å². The van der Waals surface area contributed by atoms with Crippen LogP contribution in [0.4, 0.5) is 5.69 Å². The second kappa shape index (κ2) is 4.62. The number of nitrogen functional groups attached to an aromatic ring is 1. The first-order chi connectivity index (χ1) is 9.16. The van der Waals surface area contributed by atoms with Crippen LogP contribution in [0.15, 0.2) is 18.2 Å². The average Bonchev–Trinajstić information content (AvgIpc) is 3.00. The smallest absolute Gasteiger partial charge is 0.182 e. The average molecular weight is 259 g/mol. The van der Waals surface area contributed by atoms with Crippen molar-refractivity contribution in [2.75, 3.05) is 12.3 Å². The minimum absolute atomic E-state index is 0.130. The lowest BCUT2D eigenvalue weighted by molar-refractivity contribution is 0.105. The fourth-order valence-electron chi connectivity index (χ4n) is 2.43. The van der Waals surface area contributed by atoms with Crippen molar-refractivity contribution in [3.63, 3.8) is 0 Å². The predicted molar refractivity (Wildman–Crippen MR) is 71.5 cm³/mol. The summed E-state index contributed by atoms with van der Waals surface area (Å²) < 4.78 is 7.43. The van der Waals surface area contributed by atoms with E-state index in [-0.39, 0.29) is 12.1 Å². The zero-order valence-electron chi connectivity index (χ0n) is 11.1. The van der Waals surface area contributed by atoms with Crippen LogP contribution in [0.5, 0.6) is 0 Å². The summed E-state index contributed by atoms with van der Waals surface area (Å²) in [5.74, 6) is 0.744. The van der Waals surface area contributed by atoms with Crippen molar-refractivity contribution in [1.82, 2.24) is 20.2 Å². The molecule has 2 unspecified atom stereocenters. The van der Waals surface area contributed by atoms with Gasteiger partial charge in [-0.25, -0.2) is 4.68 Å². The fourth-order valence-corrected chi connectivity index (χ4v) is 2.43. The summed E-state index contributed by atoms with van der Waals surface area (Å²) in [6, 6.07) is 6.08. The van der Waals surface area contributed by atoms with Gasteiger partial charge in [0.1, 0.15) is 0 Å². The van der Waals surface area contributed by atoms with Crippen LogP contribution in [0.25, 0.3) is 11.4 Å². The van der Waals surface area contributed by atoms with E-state index < -0.39 is 0 Å². The molecule has 1 aliphatic rings. The summed E-state index contributed by atoms with van der Waals surface area (Å²) in [7, 11) is 0. The second-order valence-corrected chi connectivity index (χ2v) is 4.95. The highest BCUT2D eigenvalue weighted by Gasteiger charge is 2.29. The number of benzene rings is 1. The topological polar surface area (TPSA) is 78.8 Å². The van der Waals surface area contributed by atoms with E-state index in [0.717, 1.165) is 35.7 Å². The Morgan fingerprint density at radius 3 is 2.95 bits per heavy atom. The quantitative estimate of drug-likeness (QED) is 0.828. The van der Waals surface area contributed by atoms with Gasteiger partial charge in [0.25, 0.3) is 0 Å². The Labute approximate surface area is 111 Å². The summed E-state index contributed by atoms with van der Waals surface area (Å²) >= 11 is 0. The van der Waals surface area contributed by atoms with E-state index in [0.29, 0.717) is 0 Å². The molecule has 0 saturated carbocycles. The molecule has 0 amide bonds. The number of aryl methyl sites for hydroxylation is 1. The van der Waals surface area contributed by atoms with Gasteiger partial charge in [-0.1, -0.05) is 12.1 Å². The molecular formula is C13H17N5O. The van der Waals surface area contributed by atoms with Crippen LogP contribution < -0.4 is 5.73 Å². The summed E-state index contributed by atoms with van der Waals surface area (Å²) in [5, 5.41) is 12.0. The summed E-state index contributed by atoms with van der Waals surface area (Å²) in [6.07, 6.45) is 1.06. The number of nitrogens with two attached hydrogens (primary N) is 1. The van der Waals surface area contributed by atoms with Crippen molar-refractivity contribution in [3.05, 3.63) is 23.8 Å². The lowest BCUT2D eigenvalue weighted by Gasteiger charge is -2.15. The number of nitrogens with zero attached hydrogens (tertiary/aromatic N) is 4. The molecule has 2 heterocycles. The molecule has 1 aromatic heterocycles. The molecule has 6 heteroatoms. The van der Waals surface area contributed by atoms with Crippen LogP contribution >= 0.6 is 0 Å². The van der Waals surface area contributed by atoms with Crippen LogP contribution in [0, 0.1) is 6.92 Å². The first kappa shape index (κ1) is 12.1. The zero-order valence-corrected chi connectivity index (χ0v) is 11.1. The number of tetrazole rings is 1. The Balaban J connectivity index is 2.01. The molecule has 0 radical (unpaired) electrons. The van der Waals surface area contributed by atoms with Gasteiger partial charge in [0, 0.05) is 17.9 Å². The first-order valence-corrected chi connectivity index (χ1v) is 6.43. The van der Waals surface area contributed by atoms with Crippen molar-refractivity contribution >= 4 is 5.69 Å². The third-order valence-electron chi connectivity index (χ3n) is 3.68. The molecule has 0 spiro atoms. The largest absolute Gasteiger partial charge is 0.398 e. The van der Waals surface area contributed by atoms with Gasteiger partial charge < -0.3 is 10.5 Å². The maximum Gasteiger partial charge on any atom is 0.182 e. The standard InChI is InChI=1S/C13H17N5O/c1-8-3-4-10(7-11(8)14)13-15-16-17-18(13)12-5-6-19-9(12)2/h3-4,7,9,12H,5-6,14H2,1-2H3. The number of hydrogen-bond donors (Lipinski definition) is 1. The minimum Gasteiger partial charge on any atom is -0.398 e. The summed E-state index contributed by atoms with van der Waals surface area (Å²) in [4.78, 5) is 0. The van der Waals surface area contributed by atoms with E-state index in [9.17, 15) is 0 Å². The fraction of sp³-hybridized carbons (Fsp3) is 0.462. The van der Waals surface area contributed by atoms with E-state index in [1.54, 1.807) is 0 Å². The summed E-state index contributed by atoms with van der Waals surface area (Å²) in [6.45, 7) is 4.78. The molecule has 3 rings (SSSR count). The monoisotopic (exact) mass is 259 g/mol. The molecule has 1 aliphatic heterocycles. The molecule has 1 saturated heterocycles. The molecule has 2 aromatic rings. The Hall–Kier alpha value is -1.95. The molecule has 1 aromatic carbocycles. The van der Waals surface area contributed by atoms with Gasteiger partial charge in [0.2, 0.25) is 0 Å². The van der Waals surface area contributed by atoms with E-state index >= 15 is 0 Å². The van der Waals surface area contributed by atoms with Crippen molar-refractivity contribution in [2.45, 2.75) is 32.4 Å². The number of anilines is 1. The number of aromatic nitrogens is 4. The number of ether oxygens (including phenoxy) is 1. The summed E-state index contributed by atoms with van der Waals surface area (Å²) in [5.41, 5.74) is 8.70. The highest BCUT2D eigenvalue weighted by Crippen LogP contribution is 2.29. The maximum absolute atomic E-state index is 5.96. The van der Waals surface area contributed by atoms with Gasteiger partial charge in [-0.2, -0.15) is 0 Å². The van der Waals surface area contributed by atoms with Crippen molar-refractivity contribution in [1.29, 1.82) is 0 Å². The Bertz CT molecular complexity index is 594. The predicted octanol–water partition coefficient (Wildman–Crippen LogP) is 1.58. The van der Waals surface area contributed by atoms with Gasteiger partial charge in [-0.15, -0.1) is 5.10 Å². The molecule has 2 N–H and O–H groups in total. The van der Waals surface area contributed by atoms with Gasteiger partial charge in [-0.3, -0.25) is 0 Å². The normalized spacial score (nSPS) is 22.8. The van der Waals surface area contributed by atoms with E-state index in [2.05, 4.69) is 15.5 Å². The third kappa shape index (κ3) is 2.08. The van der Waals surface area contributed by atoms with Crippen LogP contribution in [0.1, 0.15) is 24.9 Å². The molecule has 2 atom stereocenters. The molecule has 0 aliphatic carbocycles. The van der Waals surface area contributed by atoms with Crippen LogP contribution in [-0.4, -0.2) is 32.9 Å². The van der Waals surface area contributed by atoms with Gasteiger partial charge in [-0.05, 0) is 42.3 Å². The second-order valence-electron chi connectivity index (χ2n) is 4.95. The molecule has 1 fully saturated rings. The minimum atomic E-state index is 0.130. The Kier molecular flexibility index (Phi) is 2.94. The number of rotatable bonds is 2. The van der Waals surface area contributed by atoms with Crippen LogP contribution in [0.3, 0.4) is 0 Å². The lowest BCUT2D eigenvalue weighted by atomic mass is 10.1. The van der Waals surface area contributed by atoms with Crippen LogP contribution in [0.2, 0.25) is 0 Å². The Morgan fingerprint density at radius 2 is 2.26 bits per heavy atom. The first-order valence-electron chi connectivity index (χ1n) is 6.43. The maximum atomic E-state index is 5.96. The SMILES string of the molecule is Cc1ccc(-c2nnnn2C2CCOC2C)cc1N. The Morgan fingerprint density at radius 1 is 1.42 bits per heavy atom.